The summed E-state index contributed by atoms with van der Waals surface area (Å²) < 4.78 is 0. The molecule has 1 aliphatic heterocycles. The summed E-state index contributed by atoms with van der Waals surface area (Å²) >= 11 is 0. The third-order valence-electron chi connectivity index (χ3n) is 4.97. The normalized spacial score (nSPS) is 21.8. The highest BCUT2D eigenvalue weighted by Crippen LogP contribution is 2.30. The van der Waals surface area contributed by atoms with Gasteiger partial charge in [-0.05, 0) is 71.0 Å². The molecule has 19 heavy (non-hydrogen) atoms. The van der Waals surface area contributed by atoms with Crippen molar-refractivity contribution in [1.29, 1.82) is 0 Å². The fraction of sp³-hybridized carbons (Fsp3) is 1.00. The van der Waals surface area contributed by atoms with E-state index in [4.69, 9.17) is 0 Å². The topological polar surface area (TPSA) is 15.3 Å². The van der Waals surface area contributed by atoms with Crippen LogP contribution in [-0.4, -0.2) is 36.1 Å². The summed E-state index contributed by atoms with van der Waals surface area (Å²) in [6.07, 6.45) is 7.92. The number of nitrogens with zero attached hydrogens (tertiary/aromatic N) is 1. The Morgan fingerprint density at radius 3 is 2.21 bits per heavy atom. The summed E-state index contributed by atoms with van der Waals surface area (Å²) in [5.41, 5.74) is 0.348. The molecule has 2 heteroatoms. The van der Waals surface area contributed by atoms with Gasteiger partial charge in [-0.3, -0.25) is 4.90 Å². The Balaban J connectivity index is 2.71. The van der Waals surface area contributed by atoms with Crippen LogP contribution >= 0.6 is 0 Å². The zero-order valence-corrected chi connectivity index (χ0v) is 14.0. The lowest BCUT2D eigenvalue weighted by Gasteiger charge is -2.45. The minimum absolute atomic E-state index is 0.348. The summed E-state index contributed by atoms with van der Waals surface area (Å²) in [6.45, 7) is 15.6. The summed E-state index contributed by atoms with van der Waals surface area (Å²) in [6, 6.07) is 0.651. The van der Waals surface area contributed by atoms with E-state index >= 15 is 0 Å². The number of hydrogen-bond acceptors (Lipinski definition) is 2. The van der Waals surface area contributed by atoms with Gasteiger partial charge in [0.1, 0.15) is 0 Å². The lowest BCUT2D eigenvalue weighted by atomic mass is 9.83. The number of hydrogen-bond donors (Lipinski definition) is 1. The molecule has 0 aromatic heterocycles. The van der Waals surface area contributed by atoms with Crippen molar-refractivity contribution < 1.29 is 0 Å². The van der Waals surface area contributed by atoms with Gasteiger partial charge in [0, 0.05) is 11.6 Å². The zero-order valence-electron chi connectivity index (χ0n) is 14.0. The molecule has 114 valence electrons. The van der Waals surface area contributed by atoms with Crippen molar-refractivity contribution in [1.82, 2.24) is 10.2 Å². The van der Waals surface area contributed by atoms with E-state index in [9.17, 15) is 0 Å². The van der Waals surface area contributed by atoms with Gasteiger partial charge in [-0.2, -0.15) is 0 Å². The maximum atomic E-state index is 3.85. The molecule has 2 nitrogen and oxygen atoms in total. The average molecular weight is 268 g/mol. The van der Waals surface area contributed by atoms with Gasteiger partial charge in [-0.1, -0.05) is 27.7 Å². The maximum Gasteiger partial charge on any atom is 0.0331 e. The van der Waals surface area contributed by atoms with Crippen LogP contribution in [0.5, 0.6) is 0 Å². The van der Waals surface area contributed by atoms with E-state index in [1.807, 2.05) is 0 Å². The van der Waals surface area contributed by atoms with E-state index in [0.717, 1.165) is 12.5 Å². The molecule has 1 heterocycles. The van der Waals surface area contributed by atoms with E-state index in [0.29, 0.717) is 11.6 Å². The second-order valence-corrected chi connectivity index (χ2v) is 6.88. The molecular formula is C17H36N2. The fourth-order valence-corrected chi connectivity index (χ4v) is 3.37. The van der Waals surface area contributed by atoms with Crippen molar-refractivity contribution in [3.05, 3.63) is 0 Å². The van der Waals surface area contributed by atoms with Gasteiger partial charge < -0.3 is 5.32 Å². The van der Waals surface area contributed by atoms with Gasteiger partial charge >= 0.3 is 0 Å². The smallest absolute Gasteiger partial charge is 0.0331 e. The Bertz CT molecular complexity index is 233. The van der Waals surface area contributed by atoms with E-state index in [2.05, 4.69) is 44.8 Å². The van der Waals surface area contributed by atoms with Crippen LogP contribution in [0.3, 0.4) is 0 Å². The zero-order chi connectivity index (χ0) is 14.3. The molecule has 2 unspecified atom stereocenters. The van der Waals surface area contributed by atoms with Crippen molar-refractivity contribution in [2.75, 3.05) is 19.6 Å². The highest BCUT2D eigenvalue weighted by atomic mass is 15.2. The monoisotopic (exact) mass is 268 g/mol. The Morgan fingerprint density at radius 2 is 1.74 bits per heavy atom. The molecule has 0 bridgehead atoms. The van der Waals surface area contributed by atoms with Crippen molar-refractivity contribution in [3.8, 4) is 0 Å². The molecular weight excluding hydrogens is 232 g/mol. The van der Waals surface area contributed by atoms with Crippen LogP contribution in [0.2, 0.25) is 0 Å². The minimum Gasteiger partial charge on any atom is -0.312 e. The molecule has 0 amide bonds. The first-order valence-corrected chi connectivity index (χ1v) is 8.53. The van der Waals surface area contributed by atoms with Crippen molar-refractivity contribution in [2.24, 2.45) is 5.92 Å². The second-order valence-electron chi connectivity index (χ2n) is 6.88. The molecule has 0 aromatic carbocycles. The van der Waals surface area contributed by atoms with E-state index < -0.39 is 0 Å². The molecule has 0 aliphatic carbocycles. The SMILES string of the molecule is CCCNC(CCC(C)C)C(C)(CC)N1CCCC1. The number of likely N-dealkylation sites (tertiary alicyclic amines) is 1. The lowest BCUT2D eigenvalue weighted by molar-refractivity contribution is 0.0778. The van der Waals surface area contributed by atoms with Crippen molar-refractivity contribution in [2.45, 2.75) is 84.7 Å². The van der Waals surface area contributed by atoms with Crippen LogP contribution < -0.4 is 5.32 Å². The van der Waals surface area contributed by atoms with Gasteiger partial charge in [0.25, 0.3) is 0 Å². The first-order valence-electron chi connectivity index (χ1n) is 8.53. The molecule has 0 radical (unpaired) electrons. The molecule has 0 saturated carbocycles. The molecule has 1 rings (SSSR count). The van der Waals surface area contributed by atoms with E-state index in [1.165, 1.54) is 51.6 Å². The van der Waals surface area contributed by atoms with E-state index in [1.54, 1.807) is 0 Å². The minimum atomic E-state index is 0.348. The van der Waals surface area contributed by atoms with Crippen LogP contribution in [-0.2, 0) is 0 Å². The van der Waals surface area contributed by atoms with Crippen LogP contribution in [0.1, 0.15) is 73.1 Å². The number of rotatable bonds is 9. The first-order chi connectivity index (χ1) is 9.04. The predicted molar refractivity (Wildman–Crippen MR) is 85.7 cm³/mol. The molecule has 0 spiro atoms. The Kier molecular flexibility index (Phi) is 7.38. The highest BCUT2D eigenvalue weighted by molar-refractivity contribution is 4.97. The van der Waals surface area contributed by atoms with E-state index in [-0.39, 0.29) is 0 Å². The van der Waals surface area contributed by atoms with Crippen molar-refractivity contribution in [3.63, 3.8) is 0 Å². The Morgan fingerprint density at radius 1 is 1.11 bits per heavy atom. The van der Waals surface area contributed by atoms with Gasteiger partial charge in [0.15, 0.2) is 0 Å². The van der Waals surface area contributed by atoms with Gasteiger partial charge in [0.2, 0.25) is 0 Å². The summed E-state index contributed by atoms with van der Waals surface area (Å²) in [5, 5.41) is 3.85. The Labute approximate surface area is 121 Å². The molecule has 1 fully saturated rings. The largest absolute Gasteiger partial charge is 0.312 e. The highest BCUT2D eigenvalue weighted by Gasteiger charge is 2.38. The molecule has 1 saturated heterocycles. The maximum absolute atomic E-state index is 3.85. The van der Waals surface area contributed by atoms with Crippen molar-refractivity contribution >= 4 is 0 Å². The van der Waals surface area contributed by atoms with Crippen LogP contribution in [0.25, 0.3) is 0 Å². The molecule has 2 atom stereocenters. The van der Waals surface area contributed by atoms with Crippen LogP contribution in [0.4, 0.5) is 0 Å². The van der Waals surface area contributed by atoms with Crippen LogP contribution in [0.15, 0.2) is 0 Å². The third-order valence-corrected chi connectivity index (χ3v) is 4.97. The van der Waals surface area contributed by atoms with Gasteiger partial charge in [0.05, 0.1) is 0 Å². The summed E-state index contributed by atoms with van der Waals surface area (Å²) in [4.78, 5) is 2.75. The molecule has 0 aromatic rings. The molecule has 1 N–H and O–H groups in total. The first kappa shape index (κ1) is 17.0. The van der Waals surface area contributed by atoms with Gasteiger partial charge in [-0.15, -0.1) is 0 Å². The summed E-state index contributed by atoms with van der Waals surface area (Å²) in [7, 11) is 0. The standard InChI is InChI=1S/C17H36N2/c1-6-12-18-16(11-10-15(3)4)17(5,7-2)19-13-8-9-14-19/h15-16,18H,6-14H2,1-5H3. The molecule has 1 aliphatic rings. The third kappa shape index (κ3) is 4.75. The number of nitrogens with one attached hydrogen (secondary N) is 1. The lowest BCUT2D eigenvalue weighted by Crippen LogP contribution is -2.58. The summed E-state index contributed by atoms with van der Waals surface area (Å²) in [5.74, 6) is 0.811. The Hall–Kier alpha value is -0.0800. The van der Waals surface area contributed by atoms with Gasteiger partial charge in [-0.25, -0.2) is 0 Å². The fourth-order valence-electron chi connectivity index (χ4n) is 3.37. The quantitative estimate of drug-likeness (QED) is 0.678. The second kappa shape index (κ2) is 8.26. The average Bonchev–Trinajstić information content (AvgIpc) is 2.92. The predicted octanol–water partition coefficient (Wildman–Crippen LogP) is 4.06. The van der Waals surface area contributed by atoms with Crippen LogP contribution in [0, 0.1) is 5.92 Å².